The first-order valence-electron chi connectivity index (χ1n) is 4.17. The molecule has 0 radical (unpaired) electrons. The second kappa shape index (κ2) is 3.15. The van der Waals surface area contributed by atoms with Crippen LogP contribution in [0.2, 0.25) is 5.02 Å². The highest BCUT2D eigenvalue weighted by Crippen LogP contribution is 2.26. The maximum absolute atomic E-state index is 11.0. The number of hydrogen-bond acceptors (Lipinski definition) is 2. The van der Waals surface area contributed by atoms with Crippen LogP contribution in [0.15, 0.2) is 16.9 Å². The summed E-state index contributed by atoms with van der Waals surface area (Å²) in [6.45, 7) is 1.62. The molecule has 5 heteroatoms. The normalized spacial score (nSPS) is 13.4. The van der Waals surface area contributed by atoms with Crippen LogP contribution in [0.4, 0.5) is 0 Å². The van der Waals surface area contributed by atoms with E-state index in [1.807, 2.05) is 0 Å². The summed E-state index contributed by atoms with van der Waals surface area (Å²) in [6.07, 6.45) is -0.648. The second-order valence-corrected chi connectivity index (χ2v) is 3.58. The number of aromatic nitrogens is 2. The molecule has 3 N–H and O–H groups in total. The zero-order chi connectivity index (χ0) is 10.3. The van der Waals surface area contributed by atoms with Crippen molar-refractivity contribution < 1.29 is 5.11 Å². The van der Waals surface area contributed by atoms with Gasteiger partial charge in [-0.1, -0.05) is 11.6 Å². The fourth-order valence-electron chi connectivity index (χ4n) is 1.39. The van der Waals surface area contributed by atoms with Crippen LogP contribution >= 0.6 is 11.6 Å². The van der Waals surface area contributed by atoms with Gasteiger partial charge in [0.05, 0.1) is 17.1 Å². The van der Waals surface area contributed by atoms with E-state index in [9.17, 15) is 9.90 Å². The molecule has 1 aromatic carbocycles. The number of fused-ring (bicyclic) bond motifs is 1. The van der Waals surface area contributed by atoms with Gasteiger partial charge in [0.25, 0.3) is 0 Å². The molecule has 0 spiro atoms. The first-order chi connectivity index (χ1) is 6.58. The van der Waals surface area contributed by atoms with Gasteiger partial charge in [-0.05, 0) is 19.1 Å². The monoisotopic (exact) mass is 212 g/mol. The van der Waals surface area contributed by atoms with Crippen molar-refractivity contribution in [2.24, 2.45) is 0 Å². The van der Waals surface area contributed by atoms with Gasteiger partial charge in [0, 0.05) is 10.6 Å². The maximum Gasteiger partial charge on any atom is 0.323 e. The van der Waals surface area contributed by atoms with Crippen molar-refractivity contribution in [3.05, 3.63) is 33.2 Å². The molecule has 1 heterocycles. The summed E-state index contributed by atoms with van der Waals surface area (Å²) in [4.78, 5) is 16.2. The largest absolute Gasteiger partial charge is 0.389 e. The third-order valence-electron chi connectivity index (χ3n) is 2.08. The highest BCUT2D eigenvalue weighted by atomic mass is 35.5. The van der Waals surface area contributed by atoms with E-state index < -0.39 is 6.10 Å². The smallest absolute Gasteiger partial charge is 0.323 e. The van der Waals surface area contributed by atoms with Crippen LogP contribution in [0.5, 0.6) is 0 Å². The third kappa shape index (κ3) is 1.42. The number of benzene rings is 1. The molecule has 1 aromatic heterocycles. The van der Waals surface area contributed by atoms with E-state index >= 15 is 0 Å². The van der Waals surface area contributed by atoms with Crippen molar-refractivity contribution in [1.29, 1.82) is 0 Å². The Hall–Kier alpha value is -1.26. The lowest BCUT2D eigenvalue weighted by molar-refractivity contribution is 0.199. The molecule has 0 saturated heterocycles. The average Bonchev–Trinajstić information content (AvgIpc) is 2.42. The molecule has 14 heavy (non-hydrogen) atoms. The zero-order valence-corrected chi connectivity index (χ0v) is 8.22. The number of rotatable bonds is 1. The van der Waals surface area contributed by atoms with Crippen molar-refractivity contribution in [1.82, 2.24) is 9.97 Å². The van der Waals surface area contributed by atoms with Gasteiger partial charge in [0.2, 0.25) is 0 Å². The van der Waals surface area contributed by atoms with Crippen LogP contribution in [0.25, 0.3) is 11.0 Å². The summed E-state index contributed by atoms with van der Waals surface area (Å²) in [7, 11) is 0. The van der Waals surface area contributed by atoms with Crippen LogP contribution in [-0.2, 0) is 0 Å². The fourth-order valence-corrected chi connectivity index (χ4v) is 1.71. The lowest BCUT2D eigenvalue weighted by atomic mass is 10.1. The summed E-state index contributed by atoms with van der Waals surface area (Å²) < 4.78 is 0. The molecule has 2 aromatic rings. The molecule has 4 nitrogen and oxygen atoms in total. The van der Waals surface area contributed by atoms with Crippen LogP contribution in [0.3, 0.4) is 0 Å². The number of H-pyrrole nitrogens is 2. The summed E-state index contributed by atoms with van der Waals surface area (Å²) in [5.41, 5.74) is 1.62. The molecule has 1 unspecified atom stereocenters. The van der Waals surface area contributed by atoms with E-state index in [1.165, 1.54) is 0 Å². The molecule has 0 aliphatic rings. The quantitative estimate of drug-likeness (QED) is 0.672. The van der Waals surface area contributed by atoms with Gasteiger partial charge < -0.3 is 15.1 Å². The van der Waals surface area contributed by atoms with Gasteiger partial charge in [-0.25, -0.2) is 4.79 Å². The topological polar surface area (TPSA) is 68.9 Å². The summed E-state index contributed by atoms with van der Waals surface area (Å²) in [6, 6.07) is 3.29. The molecule has 0 saturated carbocycles. The Balaban J connectivity index is 2.76. The van der Waals surface area contributed by atoms with Gasteiger partial charge in [0.15, 0.2) is 0 Å². The molecule has 0 fully saturated rings. The summed E-state index contributed by atoms with van der Waals surface area (Å²) >= 11 is 5.91. The molecule has 2 rings (SSSR count). The number of halogens is 1. The second-order valence-electron chi connectivity index (χ2n) is 3.17. The van der Waals surface area contributed by atoms with E-state index in [0.29, 0.717) is 21.6 Å². The number of aliphatic hydroxyl groups excluding tert-OH is 1. The van der Waals surface area contributed by atoms with Crippen molar-refractivity contribution in [3.8, 4) is 0 Å². The lowest BCUT2D eigenvalue weighted by Crippen LogP contribution is -1.99. The molecular formula is C9H9ClN2O2. The van der Waals surface area contributed by atoms with Gasteiger partial charge in [-0.3, -0.25) is 0 Å². The maximum atomic E-state index is 11.0. The number of hydrogen-bond donors (Lipinski definition) is 3. The van der Waals surface area contributed by atoms with Crippen LogP contribution in [0, 0.1) is 0 Å². The summed E-state index contributed by atoms with van der Waals surface area (Å²) in [5, 5.41) is 9.83. The fraction of sp³-hybridized carbons (Fsp3) is 0.222. The first-order valence-corrected chi connectivity index (χ1v) is 4.55. The predicted octanol–water partition coefficient (Wildman–Crippen LogP) is 1.56. The van der Waals surface area contributed by atoms with Crippen molar-refractivity contribution >= 4 is 22.6 Å². The summed E-state index contributed by atoms with van der Waals surface area (Å²) in [5.74, 6) is 0. The molecule has 1 atom stereocenters. The molecule has 74 valence electrons. The predicted molar refractivity (Wildman–Crippen MR) is 54.6 cm³/mol. The number of aliphatic hydroxyl groups is 1. The van der Waals surface area contributed by atoms with Crippen molar-refractivity contribution in [3.63, 3.8) is 0 Å². The van der Waals surface area contributed by atoms with Crippen LogP contribution in [0.1, 0.15) is 18.6 Å². The van der Waals surface area contributed by atoms with Crippen LogP contribution in [-0.4, -0.2) is 15.1 Å². The number of aromatic amines is 2. The van der Waals surface area contributed by atoms with E-state index in [-0.39, 0.29) is 5.69 Å². The number of nitrogens with one attached hydrogen (secondary N) is 2. The molecule has 0 bridgehead atoms. The van der Waals surface area contributed by atoms with Gasteiger partial charge in [-0.2, -0.15) is 0 Å². The number of imidazole rings is 1. The lowest BCUT2D eigenvalue weighted by Gasteiger charge is -2.06. The molecule has 0 amide bonds. The Labute approximate surface area is 84.5 Å². The van der Waals surface area contributed by atoms with Gasteiger partial charge in [-0.15, -0.1) is 0 Å². The van der Waals surface area contributed by atoms with E-state index in [2.05, 4.69) is 9.97 Å². The Morgan fingerprint density at radius 3 is 2.50 bits per heavy atom. The third-order valence-corrected chi connectivity index (χ3v) is 2.41. The van der Waals surface area contributed by atoms with E-state index in [4.69, 9.17) is 11.6 Å². The standard InChI is InChI=1S/C9H9ClN2O2/c1-4(13)5-2-7-8(3-6(5)10)12-9(14)11-7/h2-4,13H,1H3,(H2,11,12,14). The molecule has 0 aliphatic heterocycles. The minimum absolute atomic E-state index is 0.279. The molecule has 0 aliphatic carbocycles. The SMILES string of the molecule is CC(O)c1cc2[nH]c(=O)[nH]c2cc1Cl. The zero-order valence-electron chi connectivity index (χ0n) is 7.47. The average molecular weight is 213 g/mol. The Morgan fingerprint density at radius 1 is 1.36 bits per heavy atom. The van der Waals surface area contributed by atoms with E-state index in [1.54, 1.807) is 19.1 Å². The first kappa shape index (κ1) is 9.30. The minimum atomic E-state index is -0.648. The van der Waals surface area contributed by atoms with E-state index in [0.717, 1.165) is 0 Å². The Kier molecular flexibility index (Phi) is 2.09. The highest BCUT2D eigenvalue weighted by molar-refractivity contribution is 6.32. The Bertz CT molecular complexity index is 527. The Morgan fingerprint density at radius 2 is 1.93 bits per heavy atom. The molecular weight excluding hydrogens is 204 g/mol. The highest BCUT2D eigenvalue weighted by Gasteiger charge is 2.09. The van der Waals surface area contributed by atoms with Crippen molar-refractivity contribution in [2.75, 3.05) is 0 Å². The van der Waals surface area contributed by atoms with Crippen molar-refractivity contribution in [2.45, 2.75) is 13.0 Å². The van der Waals surface area contributed by atoms with Crippen LogP contribution < -0.4 is 5.69 Å². The van der Waals surface area contributed by atoms with Gasteiger partial charge >= 0.3 is 5.69 Å². The van der Waals surface area contributed by atoms with Gasteiger partial charge in [0.1, 0.15) is 0 Å². The minimum Gasteiger partial charge on any atom is -0.389 e.